The molecule has 3 rings (SSSR count). The summed E-state index contributed by atoms with van der Waals surface area (Å²) < 4.78 is 37.7. The number of benzene rings is 2. The highest BCUT2D eigenvalue weighted by atomic mass is 32.2. The van der Waals surface area contributed by atoms with Crippen LogP contribution in [0, 0.1) is 0 Å². The molecule has 0 saturated carbocycles. The Kier molecular flexibility index (Phi) is 7.92. The van der Waals surface area contributed by atoms with Crippen LogP contribution in [0.5, 0.6) is 11.5 Å². The lowest BCUT2D eigenvalue weighted by atomic mass is 10.1. The summed E-state index contributed by atoms with van der Waals surface area (Å²) in [5.74, 6) is 1.31. The van der Waals surface area contributed by atoms with Crippen LogP contribution in [0.4, 0.5) is 0 Å². The average Bonchev–Trinajstić information content (AvgIpc) is 3.34. The molecule has 31 heavy (non-hydrogen) atoms. The van der Waals surface area contributed by atoms with E-state index < -0.39 is 10.0 Å². The zero-order valence-electron chi connectivity index (χ0n) is 18.1. The molecular weight excluding hydrogens is 416 g/mol. The topological polar surface area (TPSA) is 84.9 Å². The minimum absolute atomic E-state index is 0.0802. The molecule has 2 aromatic rings. The SMILES string of the molecule is COc1ccc(CCNC(=O)CCc2cc(S(=O)(=O)N3CCCC3)ccc2OC)cc1. The van der Waals surface area contributed by atoms with Crippen LogP contribution in [0.2, 0.25) is 0 Å². The number of amides is 1. The van der Waals surface area contributed by atoms with Crippen LogP contribution in [-0.4, -0.2) is 52.5 Å². The van der Waals surface area contributed by atoms with E-state index in [1.54, 1.807) is 32.4 Å². The van der Waals surface area contributed by atoms with Gasteiger partial charge in [0.2, 0.25) is 15.9 Å². The van der Waals surface area contributed by atoms with Crippen molar-refractivity contribution < 1.29 is 22.7 Å². The van der Waals surface area contributed by atoms with Gasteiger partial charge in [0.05, 0.1) is 19.1 Å². The lowest BCUT2D eigenvalue weighted by molar-refractivity contribution is -0.121. The van der Waals surface area contributed by atoms with E-state index in [4.69, 9.17) is 9.47 Å². The Bertz CT molecular complexity index is 984. The van der Waals surface area contributed by atoms with Crippen LogP contribution in [0.25, 0.3) is 0 Å². The van der Waals surface area contributed by atoms with Gasteiger partial charge >= 0.3 is 0 Å². The minimum Gasteiger partial charge on any atom is -0.497 e. The van der Waals surface area contributed by atoms with E-state index in [2.05, 4.69) is 5.32 Å². The fraction of sp³-hybridized carbons (Fsp3) is 0.435. The first kappa shape index (κ1) is 23.1. The summed E-state index contributed by atoms with van der Waals surface area (Å²) in [6.45, 7) is 1.65. The number of nitrogens with one attached hydrogen (secondary N) is 1. The van der Waals surface area contributed by atoms with Gasteiger partial charge in [-0.05, 0) is 67.1 Å². The molecule has 0 bridgehead atoms. The van der Waals surface area contributed by atoms with Crippen molar-refractivity contribution in [3.05, 3.63) is 53.6 Å². The molecule has 2 aromatic carbocycles. The maximum atomic E-state index is 12.8. The van der Waals surface area contributed by atoms with Crippen molar-refractivity contribution in [2.45, 2.75) is 37.0 Å². The Labute approximate surface area is 184 Å². The van der Waals surface area contributed by atoms with Gasteiger partial charge in [-0.1, -0.05) is 12.1 Å². The van der Waals surface area contributed by atoms with E-state index in [1.165, 1.54) is 4.31 Å². The molecule has 1 N–H and O–H groups in total. The maximum absolute atomic E-state index is 12.8. The van der Waals surface area contributed by atoms with Gasteiger partial charge in [0.25, 0.3) is 0 Å². The van der Waals surface area contributed by atoms with Crippen molar-refractivity contribution >= 4 is 15.9 Å². The first-order valence-corrected chi connectivity index (χ1v) is 11.9. The number of nitrogens with zero attached hydrogens (tertiary/aromatic N) is 1. The van der Waals surface area contributed by atoms with Crippen molar-refractivity contribution in [2.75, 3.05) is 33.9 Å². The molecule has 1 aliphatic rings. The number of aryl methyl sites for hydroxylation is 1. The average molecular weight is 447 g/mol. The Morgan fingerprint density at radius 3 is 2.35 bits per heavy atom. The summed E-state index contributed by atoms with van der Waals surface area (Å²) in [6.07, 6.45) is 3.16. The van der Waals surface area contributed by atoms with Crippen LogP contribution in [0.15, 0.2) is 47.4 Å². The molecule has 1 saturated heterocycles. The molecule has 1 amide bonds. The molecule has 0 atom stereocenters. The Hall–Kier alpha value is -2.58. The number of carbonyl (C=O) groups excluding carboxylic acids is 1. The lowest BCUT2D eigenvalue weighted by Gasteiger charge is -2.17. The molecule has 7 nitrogen and oxygen atoms in total. The summed E-state index contributed by atoms with van der Waals surface area (Å²) in [5, 5.41) is 2.92. The van der Waals surface area contributed by atoms with Gasteiger partial charge in [0.15, 0.2) is 0 Å². The minimum atomic E-state index is -3.51. The van der Waals surface area contributed by atoms with Gasteiger partial charge in [-0.3, -0.25) is 4.79 Å². The predicted molar refractivity (Wildman–Crippen MR) is 119 cm³/mol. The fourth-order valence-corrected chi connectivity index (χ4v) is 5.23. The maximum Gasteiger partial charge on any atom is 0.243 e. The largest absolute Gasteiger partial charge is 0.497 e. The molecule has 1 aliphatic heterocycles. The van der Waals surface area contributed by atoms with E-state index in [0.717, 1.165) is 30.6 Å². The molecule has 1 fully saturated rings. The van der Waals surface area contributed by atoms with Gasteiger partial charge in [0, 0.05) is 26.1 Å². The summed E-state index contributed by atoms with van der Waals surface area (Å²) in [6, 6.07) is 12.6. The number of methoxy groups -OCH3 is 2. The van der Waals surface area contributed by atoms with E-state index >= 15 is 0 Å². The number of carbonyl (C=O) groups is 1. The third-order valence-corrected chi connectivity index (χ3v) is 7.37. The predicted octanol–water partition coefficient (Wildman–Crippen LogP) is 2.78. The second-order valence-corrected chi connectivity index (χ2v) is 9.47. The van der Waals surface area contributed by atoms with Gasteiger partial charge in [-0.15, -0.1) is 0 Å². The summed E-state index contributed by atoms with van der Waals surface area (Å²) in [4.78, 5) is 12.6. The van der Waals surface area contributed by atoms with Crippen molar-refractivity contribution in [1.29, 1.82) is 0 Å². The lowest BCUT2D eigenvalue weighted by Crippen LogP contribution is -2.28. The van der Waals surface area contributed by atoms with Crippen LogP contribution in [0.1, 0.15) is 30.4 Å². The second-order valence-electron chi connectivity index (χ2n) is 7.53. The standard InChI is InChI=1S/C23H30N2O5S/c1-29-20-8-5-18(6-9-20)13-14-24-23(26)12-7-19-17-21(10-11-22(19)30-2)31(27,28)25-15-3-4-16-25/h5-6,8-11,17H,3-4,7,12-16H2,1-2H3,(H,24,26). The normalized spacial score (nSPS) is 14.4. The number of hydrogen-bond donors (Lipinski definition) is 1. The molecule has 0 radical (unpaired) electrons. The number of hydrogen-bond acceptors (Lipinski definition) is 5. The van der Waals surface area contributed by atoms with Crippen molar-refractivity contribution in [3.8, 4) is 11.5 Å². The molecule has 8 heteroatoms. The number of ether oxygens (including phenoxy) is 2. The number of rotatable bonds is 10. The van der Waals surface area contributed by atoms with Crippen LogP contribution >= 0.6 is 0 Å². The fourth-order valence-electron chi connectivity index (χ4n) is 3.66. The molecule has 1 heterocycles. The third-order valence-electron chi connectivity index (χ3n) is 5.47. The summed E-state index contributed by atoms with van der Waals surface area (Å²) in [7, 11) is -0.336. The van der Waals surface area contributed by atoms with Gasteiger partial charge in [-0.2, -0.15) is 4.31 Å². The Morgan fingerprint density at radius 1 is 1.00 bits per heavy atom. The first-order valence-electron chi connectivity index (χ1n) is 10.5. The summed E-state index contributed by atoms with van der Waals surface area (Å²) >= 11 is 0. The van der Waals surface area contributed by atoms with Crippen LogP contribution < -0.4 is 14.8 Å². The monoisotopic (exact) mass is 446 g/mol. The Balaban J connectivity index is 1.56. The first-order chi connectivity index (χ1) is 14.9. The zero-order chi connectivity index (χ0) is 22.3. The molecule has 0 unspecified atom stereocenters. The quantitative estimate of drug-likeness (QED) is 0.607. The van der Waals surface area contributed by atoms with Crippen molar-refractivity contribution in [3.63, 3.8) is 0 Å². The van der Waals surface area contributed by atoms with E-state index in [1.807, 2.05) is 24.3 Å². The Morgan fingerprint density at radius 2 is 1.71 bits per heavy atom. The molecule has 0 aliphatic carbocycles. The van der Waals surface area contributed by atoms with Gasteiger partial charge in [0.1, 0.15) is 11.5 Å². The molecular formula is C23H30N2O5S. The highest BCUT2D eigenvalue weighted by molar-refractivity contribution is 7.89. The summed E-state index contributed by atoms with van der Waals surface area (Å²) in [5.41, 5.74) is 1.83. The second kappa shape index (κ2) is 10.6. The van der Waals surface area contributed by atoms with E-state index in [-0.39, 0.29) is 17.2 Å². The van der Waals surface area contributed by atoms with Crippen molar-refractivity contribution in [1.82, 2.24) is 9.62 Å². The number of sulfonamides is 1. The zero-order valence-corrected chi connectivity index (χ0v) is 18.9. The third kappa shape index (κ3) is 5.98. The van der Waals surface area contributed by atoms with Gasteiger partial charge < -0.3 is 14.8 Å². The molecule has 0 aromatic heterocycles. The van der Waals surface area contributed by atoms with E-state index in [0.29, 0.717) is 37.4 Å². The van der Waals surface area contributed by atoms with E-state index in [9.17, 15) is 13.2 Å². The highest BCUT2D eigenvalue weighted by Crippen LogP contribution is 2.27. The smallest absolute Gasteiger partial charge is 0.243 e. The van der Waals surface area contributed by atoms with Gasteiger partial charge in [-0.25, -0.2) is 8.42 Å². The van der Waals surface area contributed by atoms with Crippen molar-refractivity contribution in [2.24, 2.45) is 0 Å². The molecule has 0 spiro atoms. The van der Waals surface area contributed by atoms with Crippen LogP contribution in [-0.2, 0) is 27.7 Å². The van der Waals surface area contributed by atoms with Crippen LogP contribution in [0.3, 0.4) is 0 Å². The highest BCUT2D eigenvalue weighted by Gasteiger charge is 2.27. The molecule has 168 valence electrons.